The Balaban J connectivity index is 1.12. The van der Waals surface area contributed by atoms with Gasteiger partial charge >= 0.3 is 0 Å². The number of nitrogens with one attached hydrogen (secondary N) is 1. The smallest absolute Gasteiger partial charge is 0.285 e. The van der Waals surface area contributed by atoms with Gasteiger partial charge in [-0.25, -0.2) is 4.39 Å². The van der Waals surface area contributed by atoms with Crippen molar-refractivity contribution in [2.75, 3.05) is 0 Å². The highest BCUT2D eigenvalue weighted by Gasteiger charge is 2.55. The summed E-state index contributed by atoms with van der Waals surface area (Å²) in [5, 5.41) is 1.25. The molecule has 0 aromatic heterocycles. The summed E-state index contributed by atoms with van der Waals surface area (Å²) < 4.78 is 20.0. The van der Waals surface area contributed by atoms with Crippen molar-refractivity contribution in [2.45, 2.75) is 45.1 Å². The number of benzene rings is 2. The van der Waals surface area contributed by atoms with Crippen molar-refractivity contribution in [1.82, 2.24) is 10.4 Å². The lowest BCUT2D eigenvalue weighted by Gasteiger charge is -2.55. The standard InChI is InChI=1S/C28H26BrFN2O3S2/c29-22-10-17(3-6-23(22)35-15-16-1-4-21(30)5-2-16)11-24-25(33)32(27(36)37-24)31-26(34)28-12-18-7-19(13-28)9-20(8-18)14-28/h1-6,10-11,18-20H,7-9,12-15H2,(H,31,34)/b24-11-. The zero-order valence-corrected chi connectivity index (χ0v) is 23.3. The van der Waals surface area contributed by atoms with Crippen LogP contribution in [0.25, 0.3) is 6.08 Å². The van der Waals surface area contributed by atoms with E-state index < -0.39 is 0 Å². The summed E-state index contributed by atoms with van der Waals surface area (Å²) in [4.78, 5) is 27.1. The first kappa shape index (κ1) is 25.1. The molecule has 2 aromatic carbocycles. The summed E-state index contributed by atoms with van der Waals surface area (Å²) in [6.45, 7) is 0.306. The van der Waals surface area contributed by atoms with Crippen LogP contribution in [0.2, 0.25) is 0 Å². The van der Waals surface area contributed by atoms with Crippen molar-refractivity contribution in [3.05, 3.63) is 68.8 Å². The lowest BCUT2D eigenvalue weighted by Crippen LogP contribution is -2.57. The van der Waals surface area contributed by atoms with E-state index in [9.17, 15) is 14.0 Å². The number of hydrogen-bond donors (Lipinski definition) is 1. The molecule has 0 atom stereocenters. The van der Waals surface area contributed by atoms with E-state index in [2.05, 4.69) is 21.4 Å². The molecule has 5 fully saturated rings. The zero-order valence-electron chi connectivity index (χ0n) is 20.0. The third kappa shape index (κ3) is 4.98. The second-order valence-corrected chi connectivity index (χ2v) is 13.3. The van der Waals surface area contributed by atoms with Gasteiger partial charge in [-0.05, 0) is 126 Å². The Morgan fingerprint density at radius 2 is 1.78 bits per heavy atom. The van der Waals surface area contributed by atoms with Crippen LogP contribution in [0, 0.1) is 29.0 Å². The molecule has 4 bridgehead atoms. The Labute approximate surface area is 233 Å². The first-order valence-electron chi connectivity index (χ1n) is 12.5. The van der Waals surface area contributed by atoms with Gasteiger partial charge in [0.05, 0.1) is 14.8 Å². The second kappa shape index (κ2) is 9.82. The van der Waals surface area contributed by atoms with Gasteiger partial charge in [-0.2, -0.15) is 5.01 Å². The lowest BCUT2D eigenvalue weighted by molar-refractivity contribution is -0.152. The van der Waals surface area contributed by atoms with Gasteiger partial charge in [0.1, 0.15) is 18.2 Å². The number of hydrazine groups is 1. The summed E-state index contributed by atoms with van der Waals surface area (Å²) in [7, 11) is 0. The minimum absolute atomic E-state index is 0.0467. The van der Waals surface area contributed by atoms with E-state index in [1.165, 1.54) is 48.2 Å². The molecule has 0 radical (unpaired) electrons. The summed E-state index contributed by atoms with van der Waals surface area (Å²) in [6, 6.07) is 11.7. The molecule has 7 rings (SSSR count). The topological polar surface area (TPSA) is 58.6 Å². The van der Waals surface area contributed by atoms with E-state index in [4.69, 9.17) is 17.0 Å². The Kier molecular flexibility index (Phi) is 6.65. The SMILES string of the molecule is O=C1/C(=C/c2ccc(OCc3ccc(F)cc3)c(Br)c2)SC(=S)N1NC(=O)C12CC3CC(CC(C3)C1)C2. The molecule has 1 saturated heterocycles. The predicted molar refractivity (Wildman–Crippen MR) is 149 cm³/mol. The van der Waals surface area contributed by atoms with Gasteiger partial charge in [-0.3, -0.25) is 15.0 Å². The first-order valence-corrected chi connectivity index (χ1v) is 14.6. The Hall–Kier alpha value is -2.23. The average Bonchev–Trinajstić information content (AvgIpc) is 3.11. The fraction of sp³-hybridized carbons (Fsp3) is 0.393. The molecule has 2 amide bonds. The minimum atomic E-state index is -0.351. The van der Waals surface area contributed by atoms with Gasteiger partial charge in [0.2, 0.25) is 5.91 Å². The van der Waals surface area contributed by atoms with Gasteiger partial charge in [0.15, 0.2) is 4.32 Å². The summed E-state index contributed by atoms with van der Waals surface area (Å²) in [5.74, 6) is 1.93. The number of carbonyl (C=O) groups is 2. The van der Waals surface area contributed by atoms with Crippen LogP contribution < -0.4 is 10.2 Å². The van der Waals surface area contributed by atoms with Crippen molar-refractivity contribution in [3.8, 4) is 5.75 Å². The Bertz CT molecular complexity index is 1280. The number of nitrogens with zero attached hydrogens (tertiary/aromatic N) is 1. The average molecular weight is 602 g/mol. The van der Waals surface area contributed by atoms with Gasteiger partial charge in [-0.1, -0.05) is 30.0 Å². The van der Waals surface area contributed by atoms with Crippen molar-refractivity contribution < 1.29 is 18.7 Å². The third-order valence-corrected chi connectivity index (χ3v) is 10.0. The largest absolute Gasteiger partial charge is 0.488 e. The molecular formula is C28H26BrFN2O3S2. The molecule has 9 heteroatoms. The van der Waals surface area contributed by atoms with Gasteiger partial charge in [0, 0.05) is 0 Å². The number of halogens is 2. The molecule has 4 saturated carbocycles. The zero-order chi connectivity index (χ0) is 25.7. The third-order valence-electron chi connectivity index (χ3n) is 8.09. The van der Waals surface area contributed by atoms with Crippen molar-refractivity contribution in [1.29, 1.82) is 0 Å². The van der Waals surface area contributed by atoms with Crippen molar-refractivity contribution >= 4 is 62.1 Å². The highest BCUT2D eigenvalue weighted by Crippen LogP contribution is 2.60. The Morgan fingerprint density at radius 3 is 2.41 bits per heavy atom. The lowest BCUT2D eigenvalue weighted by atomic mass is 9.49. The number of carbonyl (C=O) groups excluding carboxylic acids is 2. The Morgan fingerprint density at radius 1 is 1.14 bits per heavy atom. The van der Waals surface area contributed by atoms with Crippen LogP contribution in [-0.4, -0.2) is 21.1 Å². The molecule has 1 heterocycles. The maximum absolute atomic E-state index is 13.4. The normalized spacial score (nSPS) is 29.3. The number of ether oxygens (including phenoxy) is 1. The van der Waals surface area contributed by atoms with Crippen LogP contribution in [0.3, 0.4) is 0 Å². The van der Waals surface area contributed by atoms with Gasteiger partial charge in [-0.15, -0.1) is 0 Å². The molecule has 1 N–H and O–H groups in total. The van der Waals surface area contributed by atoms with E-state index in [-0.39, 0.29) is 23.0 Å². The van der Waals surface area contributed by atoms with E-state index in [1.807, 2.05) is 18.2 Å². The monoisotopic (exact) mass is 600 g/mol. The van der Waals surface area contributed by atoms with E-state index in [0.29, 0.717) is 39.3 Å². The number of thioether (sulfide) groups is 1. The molecule has 37 heavy (non-hydrogen) atoms. The summed E-state index contributed by atoms with van der Waals surface area (Å²) in [5.41, 5.74) is 4.20. The molecular weight excluding hydrogens is 575 g/mol. The van der Waals surface area contributed by atoms with E-state index in [0.717, 1.165) is 34.9 Å². The van der Waals surface area contributed by atoms with Crippen LogP contribution in [0.1, 0.15) is 49.7 Å². The fourth-order valence-electron chi connectivity index (χ4n) is 6.79. The van der Waals surface area contributed by atoms with Crippen LogP contribution in [-0.2, 0) is 16.2 Å². The number of rotatable bonds is 6. The maximum Gasteiger partial charge on any atom is 0.285 e. The van der Waals surface area contributed by atoms with E-state index in [1.54, 1.807) is 18.2 Å². The van der Waals surface area contributed by atoms with Crippen LogP contribution in [0.5, 0.6) is 5.75 Å². The molecule has 0 unspecified atom stereocenters. The number of thiocarbonyl (C=S) groups is 1. The van der Waals surface area contributed by atoms with Crippen LogP contribution >= 0.6 is 39.9 Å². The second-order valence-electron chi connectivity index (χ2n) is 10.8. The molecule has 5 aliphatic rings. The minimum Gasteiger partial charge on any atom is -0.488 e. The maximum atomic E-state index is 13.4. The van der Waals surface area contributed by atoms with Crippen molar-refractivity contribution in [3.63, 3.8) is 0 Å². The van der Waals surface area contributed by atoms with Gasteiger partial charge < -0.3 is 4.74 Å². The molecule has 1 aliphatic heterocycles. The van der Waals surface area contributed by atoms with Crippen molar-refractivity contribution in [2.24, 2.45) is 23.2 Å². The summed E-state index contributed by atoms with van der Waals surface area (Å²) in [6.07, 6.45) is 8.31. The highest BCUT2D eigenvalue weighted by molar-refractivity contribution is 9.10. The molecule has 2 aromatic rings. The van der Waals surface area contributed by atoms with Gasteiger partial charge in [0.25, 0.3) is 5.91 Å². The highest BCUT2D eigenvalue weighted by atomic mass is 79.9. The van der Waals surface area contributed by atoms with E-state index >= 15 is 0 Å². The molecule has 0 spiro atoms. The fourth-order valence-corrected chi connectivity index (χ4v) is 8.48. The first-order chi connectivity index (χ1) is 17.8. The number of amides is 2. The molecule has 192 valence electrons. The van der Waals surface area contributed by atoms with Crippen LogP contribution in [0.4, 0.5) is 4.39 Å². The quantitative estimate of drug-likeness (QED) is 0.298. The number of hydrogen-bond acceptors (Lipinski definition) is 5. The molecule has 4 aliphatic carbocycles. The predicted octanol–water partition coefficient (Wildman–Crippen LogP) is 6.62. The van der Waals surface area contributed by atoms with Crippen LogP contribution in [0.15, 0.2) is 51.8 Å². The molecule has 5 nitrogen and oxygen atoms in total. The summed E-state index contributed by atoms with van der Waals surface area (Å²) >= 11 is 10.2.